The van der Waals surface area contributed by atoms with Crippen molar-refractivity contribution in [3.63, 3.8) is 0 Å². The molecule has 0 radical (unpaired) electrons. The number of carbonyl (C=O) groups is 1. The Balaban J connectivity index is 0. The van der Waals surface area contributed by atoms with Crippen molar-refractivity contribution in [3.8, 4) is 0 Å². The van der Waals surface area contributed by atoms with Crippen molar-refractivity contribution in [2.75, 3.05) is 14.1 Å². The van der Waals surface area contributed by atoms with Crippen molar-refractivity contribution in [1.29, 1.82) is 0 Å². The van der Waals surface area contributed by atoms with Gasteiger partial charge in [0.15, 0.2) is 0 Å². The number of nitrogens with zero attached hydrogens (tertiary/aromatic N) is 1. The largest absolute Gasteiger partial charge is 1.00 e. The second kappa shape index (κ2) is 4.43. The van der Waals surface area contributed by atoms with E-state index in [1.807, 2.05) is 0 Å². The zero-order valence-electron chi connectivity index (χ0n) is 4.93. The third-order valence-corrected chi connectivity index (χ3v) is 0.441. The smallest absolute Gasteiger partial charge is 0.352 e. The summed E-state index contributed by atoms with van der Waals surface area (Å²) in [7, 11) is 3.20. The Morgan fingerprint density at radius 3 is 1.71 bits per heavy atom. The summed E-state index contributed by atoms with van der Waals surface area (Å²) >= 11 is 0. The molecule has 0 aliphatic rings. The fourth-order valence-electron chi connectivity index (χ4n) is 0. The third kappa shape index (κ3) is 6.27. The van der Waals surface area contributed by atoms with E-state index in [-0.39, 0.29) is 29.6 Å². The van der Waals surface area contributed by atoms with E-state index < -0.39 is 6.03 Å². The van der Waals surface area contributed by atoms with Gasteiger partial charge >= 0.3 is 35.6 Å². The summed E-state index contributed by atoms with van der Waals surface area (Å²) in [5.41, 5.74) is 4.72. The normalized spacial score (nSPS) is 6.57. The van der Waals surface area contributed by atoms with Gasteiger partial charge in [-0.3, -0.25) is 0 Å². The molecule has 0 aromatic heterocycles. The molecule has 0 aromatic carbocycles. The summed E-state index contributed by atoms with van der Waals surface area (Å²) in [6, 6.07) is -0.407. The molecule has 3 nitrogen and oxygen atoms in total. The van der Waals surface area contributed by atoms with Crippen LogP contribution in [0.4, 0.5) is 4.79 Å². The first kappa shape index (κ1) is 10.3. The Kier molecular flexibility index (Phi) is 6.51. The molecule has 0 rings (SSSR count). The number of carbonyl (C=O) groups excluding carboxylic acids is 1. The van der Waals surface area contributed by atoms with Gasteiger partial charge in [-0.1, -0.05) is 0 Å². The number of nitrogens with two attached hydrogens (primary N) is 1. The van der Waals surface area contributed by atoms with Crippen LogP contribution in [0.1, 0.15) is 0 Å². The molecule has 0 atom stereocenters. The minimum Gasteiger partial charge on any atom is -0.352 e. The van der Waals surface area contributed by atoms with E-state index in [2.05, 4.69) is 0 Å². The Bertz CT molecular complexity index is 64.0. The molecule has 7 heavy (non-hydrogen) atoms. The van der Waals surface area contributed by atoms with Crippen LogP contribution >= 0.6 is 0 Å². The predicted octanol–water partition coefficient (Wildman–Crippen LogP) is -3.37. The van der Waals surface area contributed by atoms with Crippen LogP contribution in [0, 0.1) is 0 Å². The van der Waals surface area contributed by atoms with Crippen LogP contribution in [0.2, 0.25) is 0 Å². The van der Waals surface area contributed by atoms with E-state index in [0.29, 0.717) is 0 Å². The Labute approximate surface area is 65.1 Å². The first-order valence-electron chi connectivity index (χ1n) is 1.61. The maximum absolute atomic E-state index is 9.85. The number of urea groups is 1. The summed E-state index contributed by atoms with van der Waals surface area (Å²) < 4.78 is 0. The Morgan fingerprint density at radius 1 is 1.57 bits per heavy atom. The fourth-order valence-corrected chi connectivity index (χ4v) is 0. The van der Waals surface area contributed by atoms with Crippen molar-refractivity contribution >= 4 is 6.03 Å². The van der Waals surface area contributed by atoms with Gasteiger partial charge in [0.25, 0.3) is 0 Å². The van der Waals surface area contributed by atoms with Crippen LogP contribution in [0.3, 0.4) is 0 Å². The SMILES string of the molecule is CN(C)C(N)=O.[Na+]. The molecule has 0 fully saturated rings. The summed E-state index contributed by atoms with van der Waals surface area (Å²) in [5.74, 6) is 0. The molecule has 0 saturated carbocycles. The molecule has 0 saturated heterocycles. The van der Waals surface area contributed by atoms with Crippen LogP contribution in [0.15, 0.2) is 0 Å². The van der Waals surface area contributed by atoms with Gasteiger partial charge in [0, 0.05) is 14.1 Å². The Morgan fingerprint density at radius 2 is 1.71 bits per heavy atom. The maximum atomic E-state index is 9.85. The van der Waals surface area contributed by atoms with E-state index in [9.17, 15) is 4.79 Å². The Hall–Kier alpha value is 0.270. The average Bonchev–Trinajstić information content (AvgIpc) is 1.36. The first-order valence-corrected chi connectivity index (χ1v) is 1.61. The number of hydrogen-bond acceptors (Lipinski definition) is 1. The van der Waals surface area contributed by atoms with Crippen LogP contribution in [0.5, 0.6) is 0 Å². The zero-order chi connectivity index (χ0) is 5.15. The van der Waals surface area contributed by atoms with Crippen molar-refractivity contribution in [2.45, 2.75) is 0 Å². The van der Waals surface area contributed by atoms with Crippen LogP contribution < -0.4 is 35.3 Å². The van der Waals surface area contributed by atoms with E-state index in [4.69, 9.17) is 5.73 Å². The molecule has 0 aliphatic heterocycles. The number of hydrogen-bond donors (Lipinski definition) is 1. The summed E-state index contributed by atoms with van der Waals surface area (Å²) in [5, 5.41) is 0. The molecule has 4 heteroatoms. The summed E-state index contributed by atoms with van der Waals surface area (Å²) in [6.07, 6.45) is 0. The molecule has 2 N–H and O–H groups in total. The van der Waals surface area contributed by atoms with E-state index in [0.717, 1.165) is 0 Å². The second-order valence-corrected chi connectivity index (χ2v) is 1.23. The molecule has 0 aliphatic carbocycles. The predicted molar refractivity (Wildman–Crippen MR) is 23.3 cm³/mol. The minimum absolute atomic E-state index is 0. The molecular weight excluding hydrogens is 103 g/mol. The molecule has 0 aromatic rings. The molecule has 36 valence electrons. The third-order valence-electron chi connectivity index (χ3n) is 0.441. The monoisotopic (exact) mass is 111 g/mol. The van der Waals surface area contributed by atoms with E-state index >= 15 is 0 Å². The molecular formula is C3H8N2NaO+. The summed E-state index contributed by atoms with van der Waals surface area (Å²) in [6.45, 7) is 0. The van der Waals surface area contributed by atoms with Gasteiger partial charge < -0.3 is 10.6 Å². The van der Waals surface area contributed by atoms with E-state index in [1.54, 1.807) is 14.1 Å². The standard InChI is InChI=1S/C3H8N2O.Na/c1-5(2)3(4)6;/h1-2H3,(H2,4,6);/q;+1. The van der Waals surface area contributed by atoms with Gasteiger partial charge in [0.1, 0.15) is 0 Å². The first-order chi connectivity index (χ1) is 2.64. The van der Waals surface area contributed by atoms with E-state index in [1.165, 1.54) is 4.90 Å². The fraction of sp³-hybridized carbons (Fsp3) is 0.667. The van der Waals surface area contributed by atoms with Gasteiger partial charge in [-0.2, -0.15) is 0 Å². The quantitative estimate of drug-likeness (QED) is 0.326. The molecule has 0 unspecified atom stereocenters. The van der Waals surface area contributed by atoms with Crippen LogP contribution in [-0.2, 0) is 0 Å². The molecule has 2 amide bonds. The molecule has 0 spiro atoms. The van der Waals surface area contributed by atoms with Crippen molar-refractivity contribution in [2.24, 2.45) is 5.73 Å². The number of primary amides is 1. The number of rotatable bonds is 0. The van der Waals surface area contributed by atoms with Gasteiger partial charge in [-0.15, -0.1) is 0 Å². The molecule has 0 bridgehead atoms. The zero-order valence-corrected chi connectivity index (χ0v) is 6.93. The minimum atomic E-state index is -0.407. The van der Waals surface area contributed by atoms with Crippen LogP contribution in [0.25, 0.3) is 0 Å². The summed E-state index contributed by atoms with van der Waals surface area (Å²) in [4.78, 5) is 11.2. The average molecular weight is 111 g/mol. The van der Waals surface area contributed by atoms with Crippen molar-refractivity contribution in [1.82, 2.24) is 4.90 Å². The van der Waals surface area contributed by atoms with Gasteiger partial charge in [-0.25, -0.2) is 4.79 Å². The van der Waals surface area contributed by atoms with Gasteiger partial charge in [0.2, 0.25) is 0 Å². The topological polar surface area (TPSA) is 46.3 Å². The van der Waals surface area contributed by atoms with Crippen molar-refractivity contribution in [3.05, 3.63) is 0 Å². The second-order valence-electron chi connectivity index (χ2n) is 1.23. The van der Waals surface area contributed by atoms with Gasteiger partial charge in [-0.05, 0) is 0 Å². The maximum Gasteiger partial charge on any atom is 1.00 e. The molecule has 0 heterocycles. The van der Waals surface area contributed by atoms with Crippen molar-refractivity contribution < 1.29 is 34.4 Å². The van der Waals surface area contributed by atoms with Crippen LogP contribution in [-0.4, -0.2) is 25.0 Å². The van der Waals surface area contributed by atoms with Gasteiger partial charge in [0.05, 0.1) is 0 Å². The number of amides is 2.